The summed E-state index contributed by atoms with van der Waals surface area (Å²) < 4.78 is 33.4. The van der Waals surface area contributed by atoms with Gasteiger partial charge < -0.3 is 4.57 Å². The van der Waals surface area contributed by atoms with E-state index in [1.54, 1.807) is 0 Å². The number of hydrogen-bond acceptors (Lipinski definition) is 4. The summed E-state index contributed by atoms with van der Waals surface area (Å²) in [5.74, 6) is 1.27. The maximum Gasteiger partial charge on any atom is 0.277 e. The highest BCUT2D eigenvalue weighted by Crippen LogP contribution is 2.42. The summed E-state index contributed by atoms with van der Waals surface area (Å²) in [5.41, 5.74) is 3.55. The van der Waals surface area contributed by atoms with Gasteiger partial charge in [0.25, 0.3) is 10.2 Å². The molecule has 1 aromatic heterocycles. The van der Waals surface area contributed by atoms with Gasteiger partial charge in [0.05, 0.1) is 11.0 Å². The van der Waals surface area contributed by atoms with Gasteiger partial charge in [-0.05, 0) is 82.0 Å². The Morgan fingerprint density at radius 3 is 2.35 bits per heavy atom. The van der Waals surface area contributed by atoms with Crippen LogP contribution in [-0.4, -0.2) is 54.1 Å². The van der Waals surface area contributed by atoms with Crippen molar-refractivity contribution in [2.75, 3.05) is 13.1 Å². The number of benzene rings is 2. The van der Waals surface area contributed by atoms with E-state index in [1.807, 2.05) is 6.07 Å². The number of hydrogen-bond donors (Lipinski definition) is 2. The summed E-state index contributed by atoms with van der Waals surface area (Å²) in [6.45, 7) is 3.57. The van der Waals surface area contributed by atoms with E-state index in [0.29, 0.717) is 24.7 Å². The zero-order valence-electron chi connectivity index (χ0n) is 21.7. The van der Waals surface area contributed by atoms with Gasteiger partial charge >= 0.3 is 0 Å². The van der Waals surface area contributed by atoms with Crippen LogP contribution in [0, 0.1) is 6.92 Å². The molecule has 0 amide bonds. The van der Waals surface area contributed by atoms with Crippen LogP contribution in [-0.2, 0) is 10.2 Å². The molecule has 6 rings (SSSR count). The molecule has 198 valence electrons. The van der Waals surface area contributed by atoms with Gasteiger partial charge in [0.2, 0.25) is 0 Å². The van der Waals surface area contributed by atoms with E-state index in [-0.39, 0.29) is 12.0 Å². The third-order valence-corrected chi connectivity index (χ3v) is 10.1. The van der Waals surface area contributed by atoms with E-state index in [9.17, 15) is 8.42 Å². The Morgan fingerprint density at radius 1 is 0.946 bits per heavy atom. The molecule has 0 radical (unpaired) electrons. The van der Waals surface area contributed by atoms with Gasteiger partial charge in [-0.3, -0.25) is 4.90 Å². The predicted octanol–water partition coefficient (Wildman–Crippen LogP) is 4.66. The highest BCUT2D eigenvalue weighted by Gasteiger charge is 2.41. The van der Waals surface area contributed by atoms with Gasteiger partial charge in [-0.2, -0.15) is 13.1 Å². The van der Waals surface area contributed by atoms with Crippen molar-refractivity contribution in [1.29, 1.82) is 0 Å². The van der Waals surface area contributed by atoms with Gasteiger partial charge in [0, 0.05) is 30.7 Å². The first-order valence-electron chi connectivity index (χ1n) is 14.0. The molecule has 2 saturated heterocycles. The summed E-state index contributed by atoms with van der Waals surface area (Å²) in [4.78, 5) is 7.55. The smallest absolute Gasteiger partial charge is 0.277 e. The van der Waals surface area contributed by atoms with E-state index < -0.39 is 10.2 Å². The average Bonchev–Trinajstić information content (AvgIpc) is 3.32. The highest BCUT2D eigenvalue weighted by molar-refractivity contribution is 7.87. The Bertz CT molecular complexity index is 1310. The van der Waals surface area contributed by atoms with Crippen LogP contribution in [0.5, 0.6) is 0 Å². The monoisotopic (exact) mass is 521 g/mol. The van der Waals surface area contributed by atoms with Gasteiger partial charge in [-0.15, -0.1) is 0 Å². The van der Waals surface area contributed by atoms with Crippen LogP contribution < -0.4 is 9.44 Å². The molecule has 2 bridgehead atoms. The molecule has 3 aliphatic rings. The van der Waals surface area contributed by atoms with E-state index >= 15 is 0 Å². The second-order valence-electron chi connectivity index (χ2n) is 11.3. The minimum absolute atomic E-state index is 0.0980. The molecule has 3 heterocycles. The van der Waals surface area contributed by atoms with Crippen LogP contribution in [0.4, 0.5) is 0 Å². The van der Waals surface area contributed by atoms with Crippen LogP contribution >= 0.6 is 0 Å². The summed E-state index contributed by atoms with van der Waals surface area (Å²) in [5, 5.41) is 0. The zero-order chi connectivity index (χ0) is 25.4. The molecular weight excluding hydrogens is 482 g/mol. The Labute approximate surface area is 220 Å². The topological polar surface area (TPSA) is 79.3 Å². The van der Waals surface area contributed by atoms with E-state index in [2.05, 4.69) is 74.4 Å². The maximum absolute atomic E-state index is 12.6. The van der Waals surface area contributed by atoms with Crippen molar-refractivity contribution in [3.05, 3.63) is 66.0 Å². The molecular formula is C29H39N5O2S. The summed E-state index contributed by atoms with van der Waals surface area (Å²) in [6, 6.07) is 20.6. The van der Waals surface area contributed by atoms with Crippen molar-refractivity contribution in [3.8, 4) is 0 Å². The number of para-hydroxylation sites is 2. The molecule has 1 unspecified atom stereocenters. The quantitative estimate of drug-likeness (QED) is 0.407. The SMILES string of the molecule is Cc1nc2ccccc2n1[C@H]1C[C@H]2CC[C@@H](C1)N2CCC(CNS(=O)(=O)NC1CCC1)c1ccccc1. The predicted molar refractivity (Wildman–Crippen MR) is 148 cm³/mol. The molecule has 2 N–H and O–H groups in total. The minimum atomic E-state index is -3.47. The third kappa shape index (κ3) is 5.35. The molecule has 3 aromatic rings. The van der Waals surface area contributed by atoms with Crippen molar-refractivity contribution in [1.82, 2.24) is 23.9 Å². The lowest BCUT2D eigenvalue weighted by Gasteiger charge is -2.40. The number of piperidine rings is 1. The van der Waals surface area contributed by atoms with Crippen molar-refractivity contribution in [3.63, 3.8) is 0 Å². The molecule has 1 aliphatic carbocycles. The molecule has 4 atom stereocenters. The molecule has 8 heteroatoms. The number of nitrogens with one attached hydrogen (secondary N) is 2. The van der Waals surface area contributed by atoms with Crippen LogP contribution in [0.1, 0.15) is 74.7 Å². The molecule has 2 aromatic carbocycles. The number of fused-ring (bicyclic) bond motifs is 3. The number of aryl methyl sites for hydroxylation is 1. The highest BCUT2D eigenvalue weighted by atomic mass is 32.2. The molecule has 7 nitrogen and oxygen atoms in total. The summed E-state index contributed by atoms with van der Waals surface area (Å²) >= 11 is 0. The van der Waals surface area contributed by atoms with Gasteiger partial charge in [-0.1, -0.05) is 48.9 Å². The lowest BCUT2D eigenvalue weighted by Crippen LogP contribution is -2.47. The van der Waals surface area contributed by atoms with E-state index in [4.69, 9.17) is 4.98 Å². The fourth-order valence-electron chi connectivity index (χ4n) is 6.86. The summed E-state index contributed by atoms with van der Waals surface area (Å²) in [7, 11) is -3.47. The average molecular weight is 522 g/mol. The Hall–Kier alpha value is -2.26. The van der Waals surface area contributed by atoms with Crippen LogP contribution in [0.15, 0.2) is 54.6 Å². The first-order valence-corrected chi connectivity index (χ1v) is 15.5. The fourth-order valence-corrected chi connectivity index (χ4v) is 8.04. The zero-order valence-corrected chi connectivity index (χ0v) is 22.5. The third-order valence-electron chi connectivity index (χ3n) is 8.95. The second-order valence-corrected chi connectivity index (χ2v) is 12.8. The van der Waals surface area contributed by atoms with Crippen LogP contribution in [0.3, 0.4) is 0 Å². The van der Waals surface area contributed by atoms with Gasteiger partial charge in [-0.25, -0.2) is 9.71 Å². The Balaban J connectivity index is 1.12. The Morgan fingerprint density at radius 2 is 1.65 bits per heavy atom. The number of aromatic nitrogens is 2. The largest absolute Gasteiger partial charge is 0.325 e. The summed E-state index contributed by atoms with van der Waals surface area (Å²) in [6.07, 6.45) is 8.75. The van der Waals surface area contributed by atoms with Crippen molar-refractivity contribution >= 4 is 21.2 Å². The lowest BCUT2D eigenvalue weighted by molar-refractivity contribution is 0.104. The second kappa shape index (κ2) is 10.5. The maximum atomic E-state index is 12.6. The van der Waals surface area contributed by atoms with Gasteiger partial charge in [0.1, 0.15) is 5.82 Å². The van der Waals surface area contributed by atoms with Crippen molar-refractivity contribution in [2.24, 2.45) is 0 Å². The molecule has 1 saturated carbocycles. The van der Waals surface area contributed by atoms with Crippen LogP contribution in [0.25, 0.3) is 11.0 Å². The van der Waals surface area contributed by atoms with Crippen molar-refractivity contribution in [2.45, 2.75) is 88.4 Å². The van der Waals surface area contributed by atoms with E-state index in [0.717, 1.165) is 56.4 Å². The molecule has 37 heavy (non-hydrogen) atoms. The number of rotatable bonds is 10. The first kappa shape index (κ1) is 25.0. The van der Waals surface area contributed by atoms with Crippen molar-refractivity contribution < 1.29 is 8.42 Å². The number of nitrogens with zero attached hydrogens (tertiary/aromatic N) is 3. The lowest BCUT2D eigenvalue weighted by atomic mass is 9.93. The number of imidazole rings is 1. The Kier molecular flexibility index (Phi) is 7.09. The first-order chi connectivity index (χ1) is 18.0. The molecule has 0 spiro atoms. The van der Waals surface area contributed by atoms with E-state index in [1.165, 1.54) is 23.9 Å². The fraction of sp³-hybridized carbons (Fsp3) is 0.552. The van der Waals surface area contributed by atoms with Gasteiger partial charge in [0.15, 0.2) is 0 Å². The standard InChI is InChI=1S/C29H39N5O2S/c1-21-31-28-12-5-6-13-29(28)34(21)27-18-25-14-15-26(19-27)33(25)17-16-23(22-8-3-2-4-9-22)20-30-37(35,36)32-24-10-7-11-24/h2-6,8-9,12-13,23-27,30,32H,7,10-11,14-20H2,1H3/t23?,25-,26+,27+. The molecule has 3 fully saturated rings. The minimum Gasteiger partial charge on any atom is -0.325 e. The normalized spacial score (nSPS) is 25.4. The molecule has 2 aliphatic heterocycles. The van der Waals surface area contributed by atoms with Crippen LogP contribution in [0.2, 0.25) is 0 Å².